The Labute approximate surface area is 139 Å². The molecule has 4 unspecified atom stereocenters. The van der Waals surface area contributed by atoms with Gasteiger partial charge in [0.15, 0.2) is 0 Å². The molecular weight excluding hydrogens is 296 g/mol. The summed E-state index contributed by atoms with van der Waals surface area (Å²) in [7, 11) is 0. The van der Waals surface area contributed by atoms with Gasteiger partial charge in [0.25, 0.3) is 0 Å². The maximum absolute atomic E-state index is 10.5. The Morgan fingerprint density at radius 2 is 1.87 bits per heavy atom. The first kappa shape index (κ1) is 21.7. The van der Waals surface area contributed by atoms with E-state index in [0.717, 1.165) is 25.7 Å². The van der Waals surface area contributed by atoms with Crippen molar-refractivity contribution in [2.24, 2.45) is 11.8 Å². The maximum atomic E-state index is 10.5. The Balaban J connectivity index is 4.35. The Kier molecular flexibility index (Phi) is 12.5. The molecule has 0 bridgehead atoms. The molecule has 0 radical (unpaired) electrons. The van der Waals surface area contributed by atoms with Gasteiger partial charge in [-0.1, -0.05) is 32.4 Å². The van der Waals surface area contributed by atoms with Crippen LogP contribution >= 0.6 is 0 Å². The molecule has 134 valence electrons. The van der Waals surface area contributed by atoms with E-state index in [1.165, 1.54) is 6.21 Å². The van der Waals surface area contributed by atoms with E-state index in [1.807, 2.05) is 13.0 Å². The number of hydrogen-bond donors (Lipinski definition) is 3. The van der Waals surface area contributed by atoms with E-state index in [2.05, 4.69) is 13.0 Å². The first-order chi connectivity index (χ1) is 10.9. The van der Waals surface area contributed by atoms with Crippen molar-refractivity contribution in [2.45, 2.75) is 71.0 Å². The number of nitrogens with one attached hydrogen (secondary N) is 1. The molecule has 0 fully saturated rings. The average molecular weight is 328 g/mol. The van der Waals surface area contributed by atoms with Gasteiger partial charge < -0.3 is 15.6 Å². The van der Waals surface area contributed by atoms with E-state index in [9.17, 15) is 20.3 Å². The quantitative estimate of drug-likeness (QED) is 0.197. The summed E-state index contributed by atoms with van der Waals surface area (Å²) in [5.41, 5.74) is 0. The average Bonchev–Trinajstić information content (AvgIpc) is 2.49. The second-order valence-corrected chi connectivity index (χ2v) is 6.29. The van der Waals surface area contributed by atoms with Crippen LogP contribution in [-0.4, -0.2) is 40.1 Å². The molecule has 23 heavy (non-hydrogen) atoms. The lowest BCUT2D eigenvalue weighted by Gasteiger charge is -2.16. The molecular formula is C17H32N2O4. The largest absolute Gasteiger partial charge is 0.393 e. The monoisotopic (exact) mass is 328 g/mol. The van der Waals surface area contributed by atoms with Crippen molar-refractivity contribution in [3.05, 3.63) is 22.3 Å². The van der Waals surface area contributed by atoms with Crippen LogP contribution in [0.15, 0.2) is 12.2 Å². The molecule has 0 aliphatic rings. The van der Waals surface area contributed by atoms with Crippen molar-refractivity contribution in [1.29, 1.82) is 5.41 Å². The predicted molar refractivity (Wildman–Crippen MR) is 92.4 cm³/mol. The van der Waals surface area contributed by atoms with Gasteiger partial charge >= 0.3 is 0 Å². The molecule has 6 heteroatoms. The molecule has 6 nitrogen and oxygen atoms in total. The molecule has 4 atom stereocenters. The number of nitro groups is 1. The third-order valence-electron chi connectivity index (χ3n) is 4.03. The van der Waals surface area contributed by atoms with E-state index in [0.29, 0.717) is 18.8 Å². The van der Waals surface area contributed by atoms with Crippen molar-refractivity contribution in [2.75, 3.05) is 6.54 Å². The van der Waals surface area contributed by atoms with E-state index in [-0.39, 0.29) is 29.9 Å². The second-order valence-electron chi connectivity index (χ2n) is 6.29. The minimum absolute atomic E-state index is 0.0426. The molecule has 0 aliphatic heterocycles. The van der Waals surface area contributed by atoms with Crippen LogP contribution in [0.2, 0.25) is 0 Å². The Morgan fingerprint density at radius 1 is 1.17 bits per heavy atom. The normalized spacial score (nSPS) is 16.9. The van der Waals surface area contributed by atoms with Gasteiger partial charge in [0.1, 0.15) is 0 Å². The molecule has 0 aromatic carbocycles. The number of rotatable bonds is 14. The van der Waals surface area contributed by atoms with Crippen LogP contribution in [0.1, 0.15) is 58.8 Å². The lowest BCUT2D eigenvalue weighted by Crippen LogP contribution is -2.16. The lowest BCUT2D eigenvalue weighted by molar-refractivity contribution is -0.481. The van der Waals surface area contributed by atoms with Crippen LogP contribution in [0.5, 0.6) is 0 Å². The van der Waals surface area contributed by atoms with Crippen LogP contribution in [0.4, 0.5) is 0 Å². The van der Waals surface area contributed by atoms with Crippen LogP contribution < -0.4 is 0 Å². The van der Waals surface area contributed by atoms with E-state index in [1.54, 1.807) is 0 Å². The van der Waals surface area contributed by atoms with Gasteiger partial charge in [-0.2, -0.15) is 0 Å². The number of aliphatic hydroxyl groups excluding tert-OH is 2. The highest BCUT2D eigenvalue weighted by atomic mass is 16.6. The Bertz CT molecular complexity index is 361. The van der Waals surface area contributed by atoms with Crippen molar-refractivity contribution >= 4 is 6.21 Å². The lowest BCUT2D eigenvalue weighted by atomic mass is 9.93. The predicted octanol–water partition coefficient (Wildman–Crippen LogP) is 3.19. The summed E-state index contributed by atoms with van der Waals surface area (Å²) in [5, 5.41) is 36.9. The van der Waals surface area contributed by atoms with Crippen molar-refractivity contribution in [3.63, 3.8) is 0 Å². The van der Waals surface area contributed by atoms with E-state index < -0.39 is 6.10 Å². The van der Waals surface area contributed by atoms with Gasteiger partial charge in [0.05, 0.1) is 12.2 Å². The maximum Gasteiger partial charge on any atom is 0.204 e. The summed E-state index contributed by atoms with van der Waals surface area (Å²) in [6, 6.07) is 0. The fourth-order valence-electron chi connectivity index (χ4n) is 2.47. The molecule has 0 spiro atoms. The van der Waals surface area contributed by atoms with Crippen LogP contribution in [0.25, 0.3) is 0 Å². The Morgan fingerprint density at radius 3 is 2.43 bits per heavy atom. The third-order valence-corrected chi connectivity index (χ3v) is 4.03. The molecule has 0 aromatic rings. The van der Waals surface area contributed by atoms with E-state index >= 15 is 0 Å². The van der Waals surface area contributed by atoms with Crippen LogP contribution in [0, 0.1) is 27.4 Å². The smallest absolute Gasteiger partial charge is 0.204 e. The summed E-state index contributed by atoms with van der Waals surface area (Å²) < 4.78 is 0. The third kappa shape index (κ3) is 12.9. The number of hydrogen-bond acceptors (Lipinski definition) is 5. The molecule has 0 aromatic heterocycles. The van der Waals surface area contributed by atoms with Crippen LogP contribution in [0.3, 0.4) is 0 Å². The van der Waals surface area contributed by atoms with E-state index in [4.69, 9.17) is 5.41 Å². The molecule has 0 rings (SSSR count). The fraction of sp³-hybridized carbons (Fsp3) is 0.824. The minimum atomic E-state index is -0.621. The zero-order valence-corrected chi connectivity index (χ0v) is 14.4. The summed E-state index contributed by atoms with van der Waals surface area (Å²) in [4.78, 5) is 10.2. The molecule has 0 heterocycles. The molecule has 0 saturated heterocycles. The topological polar surface area (TPSA) is 107 Å². The number of nitrogens with zero attached hydrogens (tertiary/aromatic N) is 1. The highest BCUT2D eigenvalue weighted by Gasteiger charge is 2.14. The van der Waals surface area contributed by atoms with Gasteiger partial charge in [-0.25, -0.2) is 0 Å². The summed E-state index contributed by atoms with van der Waals surface area (Å²) >= 11 is 0. The first-order valence-corrected chi connectivity index (χ1v) is 8.54. The molecule has 3 N–H and O–H groups in total. The SMILES string of the molecule is CCC(O)CCCC(C)/C=C/C(CC[N+](=O)[O-])CC(O)CC=N. The standard InChI is InChI=1S/C17H32N2O4/c1-3-16(20)6-4-5-14(2)7-8-15(10-12-19(22)23)13-17(21)9-11-18/h7-8,11,14-18,20-21H,3-6,9-10,12-13H2,1-2H3/b8-7+,18-11?. The van der Waals surface area contributed by atoms with Gasteiger partial charge in [0.2, 0.25) is 6.54 Å². The van der Waals surface area contributed by atoms with Gasteiger partial charge in [-0.15, -0.1) is 0 Å². The van der Waals surface area contributed by atoms with Gasteiger partial charge in [-0.3, -0.25) is 10.1 Å². The number of aliphatic hydroxyl groups is 2. The molecule has 0 amide bonds. The zero-order valence-electron chi connectivity index (χ0n) is 14.4. The van der Waals surface area contributed by atoms with Crippen molar-refractivity contribution in [1.82, 2.24) is 0 Å². The molecule has 0 aliphatic carbocycles. The summed E-state index contributed by atoms with van der Waals surface area (Å²) in [6.45, 7) is 3.95. The summed E-state index contributed by atoms with van der Waals surface area (Å²) in [6.07, 6.45) is 8.98. The molecule has 0 saturated carbocycles. The van der Waals surface area contributed by atoms with Crippen molar-refractivity contribution < 1.29 is 15.1 Å². The minimum Gasteiger partial charge on any atom is -0.393 e. The van der Waals surface area contributed by atoms with Crippen LogP contribution in [-0.2, 0) is 0 Å². The van der Waals surface area contributed by atoms with Crippen molar-refractivity contribution in [3.8, 4) is 0 Å². The second kappa shape index (κ2) is 13.2. The highest BCUT2D eigenvalue weighted by molar-refractivity contribution is 5.53. The Hall–Kier alpha value is -1.27. The van der Waals surface area contributed by atoms with Gasteiger partial charge in [-0.05, 0) is 43.7 Å². The zero-order chi connectivity index (χ0) is 17.7. The summed E-state index contributed by atoms with van der Waals surface area (Å²) in [5.74, 6) is 0.302. The number of allylic oxidation sites excluding steroid dienone is 2. The highest BCUT2D eigenvalue weighted by Crippen LogP contribution is 2.18. The fourth-order valence-corrected chi connectivity index (χ4v) is 2.47. The van der Waals surface area contributed by atoms with Gasteiger partial charge in [0, 0.05) is 17.8 Å². The first-order valence-electron chi connectivity index (χ1n) is 8.54.